The molecule has 0 spiro atoms. The molecule has 122 valence electrons. The van der Waals surface area contributed by atoms with Crippen LogP contribution in [0, 0.1) is 0 Å². The van der Waals surface area contributed by atoms with E-state index < -0.39 is 21.3 Å². The van der Waals surface area contributed by atoms with Crippen LogP contribution in [0.4, 0.5) is 5.69 Å². The fourth-order valence-corrected chi connectivity index (χ4v) is 3.90. The van der Waals surface area contributed by atoms with E-state index in [1.807, 2.05) is 0 Å². The second kappa shape index (κ2) is 7.02. The Balaban J connectivity index is 2.61. The molecule has 0 aliphatic rings. The maximum absolute atomic E-state index is 13.0. The highest BCUT2D eigenvalue weighted by atomic mass is 35.5. The van der Waals surface area contributed by atoms with E-state index in [0.717, 1.165) is 4.31 Å². The van der Waals surface area contributed by atoms with Crippen LogP contribution in [0.5, 0.6) is 5.75 Å². The van der Waals surface area contributed by atoms with E-state index in [1.165, 1.54) is 32.2 Å². The van der Waals surface area contributed by atoms with Crippen molar-refractivity contribution < 1.29 is 17.9 Å². The molecular formula is C16H16ClNO4S. The molecule has 2 aromatic rings. The summed E-state index contributed by atoms with van der Waals surface area (Å²) in [7, 11) is -2.47. The number of ether oxygens (including phenoxy) is 1. The number of hydrogen-bond acceptors (Lipinski definition) is 4. The number of hydrogen-bond donors (Lipinski definition) is 0. The summed E-state index contributed by atoms with van der Waals surface area (Å²) >= 11 is 5.56. The van der Waals surface area contributed by atoms with Crippen LogP contribution in [-0.2, 0) is 14.8 Å². The minimum absolute atomic E-state index is 0.0765. The quantitative estimate of drug-likeness (QED) is 0.749. The lowest BCUT2D eigenvalue weighted by Gasteiger charge is -2.28. The Morgan fingerprint density at radius 3 is 2.35 bits per heavy atom. The summed E-state index contributed by atoms with van der Waals surface area (Å²) in [5, 5.41) is -0.771. The first-order valence-corrected chi connectivity index (χ1v) is 8.62. The molecule has 0 aliphatic heterocycles. The lowest BCUT2D eigenvalue weighted by molar-refractivity contribution is -0.112. The van der Waals surface area contributed by atoms with E-state index in [4.69, 9.17) is 16.3 Å². The molecule has 0 heterocycles. The fourth-order valence-electron chi connectivity index (χ4n) is 2.12. The van der Waals surface area contributed by atoms with E-state index in [-0.39, 0.29) is 4.90 Å². The molecule has 0 aliphatic carbocycles. The summed E-state index contributed by atoms with van der Waals surface area (Å²) < 4.78 is 32.0. The van der Waals surface area contributed by atoms with E-state index in [1.54, 1.807) is 36.4 Å². The van der Waals surface area contributed by atoms with Gasteiger partial charge in [0.2, 0.25) is 5.24 Å². The van der Waals surface area contributed by atoms with Crippen LogP contribution in [0.2, 0.25) is 0 Å². The van der Waals surface area contributed by atoms with Crippen molar-refractivity contribution in [3.63, 3.8) is 0 Å². The number of sulfonamides is 1. The summed E-state index contributed by atoms with van der Waals surface area (Å²) in [6.45, 7) is 1.44. The maximum Gasteiger partial charge on any atom is 0.265 e. The predicted octanol–water partition coefficient (Wildman–Crippen LogP) is 3.04. The molecular weight excluding hydrogens is 338 g/mol. The molecule has 0 fully saturated rings. The first kappa shape index (κ1) is 17.3. The van der Waals surface area contributed by atoms with Crippen molar-refractivity contribution >= 4 is 32.6 Å². The van der Waals surface area contributed by atoms with Gasteiger partial charge in [0.15, 0.2) is 0 Å². The van der Waals surface area contributed by atoms with Gasteiger partial charge in [-0.25, -0.2) is 8.42 Å². The van der Waals surface area contributed by atoms with E-state index in [0.29, 0.717) is 11.4 Å². The van der Waals surface area contributed by atoms with Crippen LogP contribution < -0.4 is 9.04 Å². The topological polar surface area (TPSA) is 63.7 Å². The molecule has 7 heteroatoms. The fraction of sp³-hybridized carbons (Fsp3) is 0.188. The van der Waals surface area contributed by atoms with Gasteiger partial charge >= 0.3 is 0 Å². The SMILES string of the molecule is COc1cccc(N(C(C)C(=O)Cl)S(=O)(=O)c2ccccc2)c1. The Kier molecular flexibility index (Phi) is 5.28. The molecule has 5 nitrogen and oxygen atoms in total. The highest BCUT2D eigenvalue weighted by molar-refractivity contribution is 7.93. The minimum Gasteiger partial charge on any atom is -0.497 e. The Morgan fingerprint density at radius 1 is 1.13 bits per heavy atom. The molecule has 0 N–H and O–H groups in total. The smallest absolute Gasteiger partial charge is 0.265 e. The average Bonchev–Trinajstić information content (AvgIpc) is 2.55. The molecule has 0 saturated heterocycles. The zero-order valence-electron chi connectivity index (χ0n) is 12.6. The van der Waals surface area contributed by atoms with Gasteiger partial charge < -0.3 is 4.74 Å². The maximum atomic E-state index is 13.0. The van der Waals surface area contributed by atoms with Gasteiger partial charge in [-0.2, -0.15) is 0 Å². The van der Waals surface area contributed by atoms with Crippen molar-refractivity contribution in [2.75, 3.05) is 11.4 Å². The molecule has 1 unspecified atom stereocenters. The normalized spacial score (nSPS) is 12.5. The predicted molar refractivity (Wildman–Crippen MR) is 89.4 cm³/mol. The molecule has 0 radical (unpaired) electrons. The second-order valence-corrected chi connectivity index (χ2v) is 6.98. The molecule has 0 amide bonds. The van der Waals surface area contributed by atoms with Crippen LogP contribution in [0.3, 0.4) is 0 Å². The Morgan fingerprint density at radius 2 is 1.78 bits per heavy atom. The van der Waals surface area contributed by atoms with Gasteiger partial charge in [0.1, 0.15) is 11.8 Å². The van der Waals surface area contributed by atoms with Gasteiger partial charge in [-0.1, -0.05) is 24.3 Å². The van der Waals surface area contributed by atoms with Gasteiger partial charge in [0, 0.05) is 6.07 Å². The number of carbonyl (C=O) groups excluding carboxylic acids is 1. The number of halogens is 1. The largest absolute Gasteiger partial charge is 0.497 e. The number of anilines is 1. The van der Waals surface area contributed by atoms with Crippen molar-refractivity contribution in [1.29, 1.82) is 0 Å². The molecule has 0 bridgehead atoms. The number of carbonyl (C=O) groups is 1. The highest BCUT2D eigenvalue weighted by Gasteiger charge is 2.32. The number of rotatable bonds is 6. The number of benzene rings is 2. The monoisotopic (exact) mass is 353 g/mol. The van der Waals surface area contributed by atoms with Crippen molar-refractivity contribution in [2.24, 2.45) is 0 Å². The number of nitrogens with zero attached hydrogens (tertiary/aromatic N) is 1. The Bertz CT molecular complexity index is 793. The van der Waals surface area contributed by atoms with E-state index in [9.17, 15) is 13.2 Å². The summed E-state index contributed by atoms with van der Waals surface area (Å²) in [6, 6.07) is 13.3. The summed E-state index contributed by atoms with van der Waals surface area (Å²) in [5.74, 6) is 0.477. The van der Waals surface area contributed by atoms with Crippen LogP contribution >= 0.6 is 11.6 Å². The Labute approximate surface area is 140 Å². The third kappa shape index (κ3) is 3.65. The lowest BCUT2D eigenvalue weighted by atomic mass is 10.2. The van der Waals surface area contributed by atoms with Crippen LogP contribution in [0.25, 0.3) is 0 Å². The summed E-state index contributed by atoms with van der Waals surface area (Å²) in [5.41, 5.74) is 0.301. The van der Waals surface area contributed by atoms with Gasteiger partial charge in [0.05, 0.1) is 17.7 Å². The average molecular weight is 354 g/mol. The van der Waals surface area contributed by atoms with Crippen LogP contribution in [-0.4, -0.2) is 26.8 Å². The lowest BCUT2D eigenvalue weighted by Crippen LogP contribution is -2.42. The molecule has 0 aromatic heterocycles. The van der Waals surface area contributed by atoms with Crippen molar-refractivity contribution in [1.82, 2.24) is 0 Å². The second-order valence-electron chi connectivity index (χ2n) is 4.80. The molecule has 23 heavy (non-hydrogen) atoms. The van der Waals surface area contributed by atoms with E-state index in [2.05, 4.69) is 0 Å². The van der Waals surface area contributed by atoms with Crippen molar-refractivity contribution in [3.05, 3.63) is 54.6 Å². The van der Waals surface area contributed by atoms with Crippen molar-refractivity contribution in [2.45, 2.75) is 17.9 Å². The molecule has 0 saturated carbocycles. The number of methoxy groups -OCH3 is 1. The first-order valence-electron chi connectivity index (χ1n) is 6.81. The van der Waals surface area contributed by atoms with E-state index >= 15 is 0 Å². The van der Waals surface area contributed by atoms with Crippen molar-refractivity contribution in [3.8, 4) is 5.75 Å². The minimum atomic E-state index is -3.95. The van der Waals surface area contributed by atoms with Gasteiger partial charge in [0.25, 0.3) is 10.0 Å². The summed E-state index contributed by atoms with van der Waals surface area (Å²) in [6.07, 6.45) is 0. The summed E-state index contributed by atoms with van der Waals surface area (Å²) in [4.78, 5) is 11.7. The molecule has 1 atom stereocenters. The van der Waals surface area contributed by atoms with Crippen LogP contribution in [0.1, 0.15) is 6.92 Å². The zero-order valence-corrected chi connectivity index (χ0v) is 14.2. The highest BCUT2D eigenvalue weighted by Crippen LogP contribution is 2.29. The van der Waals surface area contributed by atoms with Gasteiger partial charge in [-0.15, -0.1) is 0 Å². The first-order chi connectivity index (χ1) is 10.9. The van der Waals surface area contributed by atoms with Gasteiger partial charge in [-0.05, 0) is 42.8 Å². The molecule has 2 aromatic carbocycles. The zero-order chi connectivity index (χ0) is 17.0. The third-order valence-corrected chi connectivity index (χ3v) is 5.52. The third-order valence-electron chi connectivity index (χ3n) is 3.29. The molecule has 2 rings (SSSR count). The standard InChI is InChI=1S/C16H16ClNO4S/c1-12(16(17)19)18(13-7-6-8-14(11-13)22-2)23(20,21)15-9-4-3-5-10-15/h3-12H,1-2H3. The Hall–Kier alpha value is -2.05. The van der Waals surface area contributed by atoms with Crippen LogP contribution in [0.15, 0.2) is 59.5 Å². The van der Waals surface area contributed by atoms with Gasteiger partial charge in [-0.3, -0.25) is 9.10 Å².